The van der Waals surface area contributed by atoms with Crippen molar-refractivity contribution in [3.05, 3.63) is 0 Å². The average molecular weight is 202 g/mol. The van der Waals surface area contributed by atoms with E-state index < -0.39 is 0 Å². The summed E-state index contributed by atoms with van der Waals surface area (Å²) in [4.78, 5) is 21.7. The fourth-order valence-corrected chi connectivity index (χ4v) is 2.52. The van der Waals surface area contributed by atoms with Gasteiger partial charge in [-0.1, -0.05) is 0 Å². The maximum atomic E-state index is 10.9. The maximum absolute atomic E-state index is 10.9. The standard InChI is InChI=1S/C8H11O4P/c9-3-5-4-1-8(10)11-6(4)2-7(5)12-13/h3-7H,1-2,13H2/t4-,5?,6?,7-/m1/s1. The smallest absolute Gasteiger partial charge is 0.306 e. The summed E-state index contributed by atoms with van der Waals surface area (Å²) in [6.07, 6.45) is 1.67. The first-order valence-corrected chi connectivity index (χ1v) is 4.73. The van der Waals surface area contributed by atoms with Gasteiger partial charge in [-0.05, 0) is 0 Å². The van der Waals surface area contributed by atoms with E-state index in [1.807, 2.05) is 0 Å². The lowest BCUT2D eigenvalue weighted by molar-refractivity contribution is -0.141. The van der Waals surface area contributed by atoms with Crippen LogP contribution in [0.25, 0.3) is 0 Å². The van der Waals surface area contributed by atoms with Crippen molar-refractivity contribution in [2.45, 2.75) is 25.0 Å². The Kier molecular flexibility index (Phi) is 2.35. The Labute approximate surface area is 78.2 Å². The maximum Gasteiger partial charge on any atom is 0.306 e. The van der Waals surface area contributed by atoms with Gasteiger partial charge in [-0.2, -0.15) is 0 Å². The summed E-state index contributed by atoms with van der Waals surface area (Å²) in [5.74, 6) is -0.339. The van der Waals surface area contributed by atoms with E-state index in [1.165, 1.54) is 0 Å². The third-order valence-corrected chi connectivity index (χ3v) is 3.23. The summed E-state index contributed by atoms with van der Waals surface area (Å²) >= 11 is 0. The largest absolute Gasteiger partial charge is 0.462 e. The second-order valence-corrected chi connectivity index (χ2v) is 3.79. The molecule has 1 heterocycles. The molecule has 72 valence electrons. The Morgan fingerprint density at radius 3 is 3.00 bits per heavy atom. The van der Waals surface area contributed by atoms with Gasteiger partial charge in [-0.3, -0.25) is 4.79 Å². The van der Waals surface area contributed by atoms with Crippen molar-refractivity contribution in [2.24, 2.45) is 11.8 Å². The van der Waals surface area contributed by atoms with Crippen LogP contribution in [-0.2, 0) is 18.8 Å². The molecule has 3 unspecified atom stereocenters. The predicted octanol–water partition coefficient (Wildman–Crippen LogP) is 0.312. The zero-order valence-electron chi connectivity index (χ0n) is 7.01. The van der Waals surface area contributed by atoms with E-state index in [9.17, 15) is 9.59 Å². The molecule has 0 spiro atoms. The van der Waals surface area contributed by atoms with Crippen molar-refractivity contribution in [1.29, 1.82) is 0 Å². The molecule has 5 heteroatoms. The van der Waals surface area contributed by atoms with Gasteiger partial charge < -0.3 is 14.1 Å². The molecule has 1 aliphatic heterocycles. The van der Waals surface area contributed by atoms with Gasteiger partial charge in [0.2, 0.25) is 0 Å². The van der Waals surface area contributed by atoms with E-state index in [0.29, 0.717) is 12.8 Å². The summed E-state index contributed by atoms with van der Waals surface area (Å²) in [6.45, 7) is 0. The Bertz CT molecular complexity index is 242. The highest BCUT2D eigenvalue weighted by molar-refractivity contribution is 7.09. The fraction of sp³-hybridized carbons (Fsp3) is 0.750. The van der Waals surface area contributed by atoms with E-state index in [-0.39, 0.29) is 30.0 Å². The van der Waals surface area contributed by atoms with E-state index in [4.69, 9.17) is 9.26 Å². The lowest BCUT2D eigenvalue weighted by atomic mass is 9.94. The van der Waals surface area contributed by atoms with Crippen LogP contribution in [0, 0.1) is 11.8 Å². The van der Waals surface area contributed by atoms with Crippen LogP contribution in [-0.4, -0.2) is 24.5 Å². The number of aldehydes is 1. The second-order valence-electron chi connectivity index (χ2n) is 3.52. The summed E-state index contributed by atoms with van der Waals surface area (Å²) < 4.78 is 10.1. The number of carbonyl (C=O) groups is 2. The molecule has 0 bridgehead atoms. The number of rotatable bonds is 2. The SMILES string of the molecule is O=CC1[C@H]2CC(=O)OC2C[C@H]1OP. The van der Waals surface area contributed by atoms with Crippen LogP contribution in [0.2, 0.25) is 0 Å². The first-order chi connectivity index (χ1) is 6.26. The summed E-state index contributed by atoms with van der Waals surface area (Å²) in [5, 5.41) is 0. The van der Waals surface area contributed by atoms with Crippen LogP contribution in [0.15, 0.2) is 0 Å². The predicted molar refractivity (Wildman–Crippen MR) is 46.7 cm³/mol. The quantitative estimate of drug-likeness (QED) is 0.367. The fourth-order valence-electron chi connectivity index (χ4n) is 2.23. The third-order valence-electron chi connectivity index (χ3n) is 2.88. The number of fused-ring (bicyclic) bond motifs is 1. The molecule has 2 rings (SSSR count). The van der Waals surface area contributed by atoms with Gasteiger partial charge in [-0.15, -0.1) is 0 Å². The molecule has 0 aromatic heterocycles. The van der Waals surface area contributed by atoms with Gasteiger partial charge in [0.25, 0.3) is 0 Å². The van der Waals surface area contributed by atoms with Crippen molar-refractivity contribution in [3.63, 3.8) is 0 Å². The van der Waals surface area contributed by atoms with E-state index in [1.54, 1.807) is 0 Å². The van der Waals surface area contributed by atoms with Crippen molar-refractivity contribution >= 4 is 21.7 Å². The molecule has 0 amide bonds. The molecule has 0 aromatic carbocycles. The monoisotopic (exact) mass is 202 g/mol. The Balaban J connectivity index is 2.14. The topological polar surface area (TPSA) is 52.6 Å². The lowest BCUT2D eigenvalue weighted by Gasteiger charge is -2.14. The highest BCUT2D eigenvalue weighted by atomic mass is 31.0. The van der Waals surface area contributed by atoms with Crippen LogP contribution in [0.3, 0.4) is 0 Å². The molecule has 13 heavy (non-hydrogen) atoms. The molecule has 4 nitrogen and oxygen atoms in total. The van der Waals surface area contributed by atoms with Gasteiger partial charge in [0, 0.05) is 27.7 Å². The molecular weight excluding hydrogens is 191 g/mol. The zero-order chi connectivity index (χ0) is 9.42. The summed E-state index contributed by atoms with van der Waals surface area (Å²) in [5.41, 5.74) is 0. The van der Waals surface area contributed by atoms with Crippen LogP contribution >= 0.6 is 9.47 Å². The minimum atomic E-state index is -0.191. The molecule has 1 aliphatic carbocycles. The number of ether oxygens (including phenoxy) is 1. The molecule has 0 aromatic rings. The first-order valence-electron chi connectivity index (χ1n) is 4.26. The number of esters is 1. The van der Waals surface area contributed by atoms with Crippen LogP contribution in [0.1, 0.15) is 12.8 Å². The van der Waals surface area contributed by atoms with Gasteiger partial charge in [-0.25, -0.2) is 0 Å². The summed E-state index contributed by atoms with van der Waals surface area (Å²) in [6, 6.07) is 0. The molecule has 1 saturated heterocycles. The van der Waals surface area contributed by atoms with Crippen LogP contribution < -0.4 is 0 Å². The molecule has 1 saturated carbocycles. The number of carbonyl (C=O) groups excluding carboxylic acids is 2. The molecule has 0 N–H and O–H groups in total. The molecule has 2 aliphatic rings. The van der Waals surface area contributed by atoms with Crippen LogP contribution in [0.4, 0.5) is 0 Å². The molecular formula is C8H11O4P. The van der Waals surface area contributed by atoms with Gasteiger partial charge >= 0.3 is 5.97 Å². The van der Waals surface area contributed by atoms with Crippen molar-refractivity contribution in [3.8, 4) is 0 Å². The molecule has 0 radical (unpaired) electrons. The second kappa shape index (κ2) is 3.35. The van der Waals surface area contributed by atoms with Gasteiger partial charge in [0.1, 0.15) is 12.4 Å². The van der Waals surface area contributed by atoms with Crippen molar-refractivity contribution in [1.82, 2.24) is 0 Å². The highest BCUT2D eigenvalue weighted by Gasteiger charge is 2.50. The Morgan fingerprint density at radius 1 is 1.62 bits per heavy atom. The third kappa shape index (κ3) is 1.38. The zero-order valence-corrected chi connectivity index (χ0v) is 8.17. The Hall–Kier alpha value is -0.470. The van der Waals surface area contributed by atoms with Gasteiger partial charge in [0.05, 0.1) is 12.5 Å². The first kappa shape index (κ1) is 9.10. The van der Waals surface area contributed by atoms with Gasteiger partial charge in [0.15, 0.2) is 0 Å². The molecule has 5 atom stereocenters. The number of hydrogen-bond acceptors (Lipinski definition) is 4. The van der Waals surface area contributed by atoms with E-state index in [0.717, 1.165) is 6.29 Å². The van der Waals surface area contributed by atoms with Crippen LogP contribution in [0.5, 0.6) is 0 Å². The minimum absolute atomic E-state index is 0.0375. The Morgan fingerprint density at radius 2 is 2.38 bits per heavy atom. The van der Waals surface area contributed by atoms with E-state index in [2.05, 4.69) is 9.47 Å². The highest BCUT2D eigenvalue weighted by Crippen LogP contribution is 2.42. The lowest BCUT2D eigenvalue weighted by Crippen LogP contribution is -2.21. The average Bonchev–Trinajstić information content (AvgIpc) is 2.59. The normalized spacial score (nSPS) is 43.0. The number of hydrogen-bond donors (Lipinski definition) is 0. The van der Waals surface area contributed by atoms with Crippen molar-refractivity contribution < 1.29 is 18.8 Å². The van der Waals surface area contributed by atoms with E-state index >= 15 is 0 Å². The summed E-state index contributed by atoms with van der Waals surface area (Å²) in [7, 11) is 2.16. The van der Waals surface area contributed by atoms with Crippen molar-refractivity contribution in [2.75, 3.05) is 0 Å². The molecule has 2 fully saturated rings. The minimum Gasteiger partial charge on any atom is -0.462 e.